The molecule has 0 spiro atoms. The van der Waals surface area contributed by atoms with Crippen molar-refractivity contribution in [1.82, 2.24) is 14.3 Å². The minimum Gasteiger partial charge on any atom is -0.367 e. The number of rotatable bonds is 3. The molecule has 9 heteroatoms. The highest BCUT2D eigenvalue weighted by atomic mass is 32.1. The fraction of sp³-hybridized carbons (Fsp3) is 0.389. The molecule has 0 radical (unpaired) electrons. The molecule has 27 heavy (non-hydrogen) atoms. The van der Waals surface area contributed by atoms with Gasteiger partial charge in [0.05, 0.1) is 11.1 Å². The number of fused-ring (bicyclic) bond motifs is 1. The molecule has 5 nitrogen and oxygen atoms in total. The number of hydrogen-bond acceptors (Lipinski definition) is 6. The molecule has 1 aromatic carbocycles. The number of piperazine rings is 1. The van der Waals surface area contributed by atoms with Crippen LogP contribution in [-0.4, -0.2) is 40.5 Å². The first-order valence-electron chi connectivity index (χ1n) is 8.74. The van der Waals surface area contributed by atoms with Crippen molar-refractivity contribution in [3.8, 4) is 0 Å². The van der Waals surface area contributed by atoms with Crippen molar-refractivity contribution in [1.29, 1.82) is 0 Å². The fourth-order valence-electron chi connectivity index (χ4n) is 3.24. The molecule has 3 heterocycles. The molecule has 1 fully saturated rings. The van der Waals surface area contributed by atoms with Gasteiger partial charge in [0.2, 0.25) is 5.13 Å². The maximum absolute atomic E-state index is 12.9. The van der Waals surface area contributed by atoms with Gasteiger partial charge in [-0.05, 0) is 18.2 Å². The van der Waals surface area contributed by atoms with Crippen molar-refractivity contribution in [3.05, 3.63) is 41.9 Å². The number of pyridine rings is 1. The number of aryl methyl sites for hydroxylation is 1. The average Bonchev–Trinajstić information content (AvgIpc) is 3.16. The minimum atomic E-state index is -4.36. The Balaban J connectivity index is 1.55. The van der Waals surface area contributed by atoms with E-state index in [1.807, 2.05) is 13.0 Å². The molecule has 0 atom stereocenters. The van der Waals surface area contributed by atoms with Gasteiger partial charge in [0.15, 0.2) is 0 Å². The van der Waals surface area contributed by atoms with Crippen LogP contribution < -0.4 is 9.80 Å². The fourth-order valence-corrected chi connectivity index (χ4v) is 4.04. The van der Waals surface area contributed by atoms with Crippen molar-refractivity contribution < 1.29 is 13.2 Å². The Morgan fingerprint density at radius 2 is 1.81 bits per heavy atom. The highest BCUT2D eigenvalue weighted by molar-refractivity contribution is 7.09. The number of aromatic nitrogens is 3. The zero-order valence-electron chi connectivity index (χ0n) is 14.7. The summed E-state index contributed by atoms with van der Waals surface area (Å²) < 4.78 is 43.2. The van der Waals surface area contributed by atoms with Crippen molar-refractivity contribution in [3.63, 3.8) is 0 Å². The molecule has 1 aliphatic rings. The summed E-state index contributed by atoms with van der Waals surface area (Å²) in [5.41, 5.74) is 0.605. The van der Waals surface area contributed by atoms with Crippen LogP contribution in [0.1, 0.15) is 18.3 Å². The van der Waals surface area contributed by atoms with Crippen molar-refractivity contribution >= 4 is 33.3 Å². The third-order valence-corrected chi connectivity index (χ3v) is 5.53. The van der Waals surface area contributed by atoms with Crippen molar-refractivity contribution in [2.24, 2.45) is 0 Å². The SMILES string of the molecule is CCc1nsc(N2CCN(c3ccnc4cc(C(F)(F)F)ccc34)CC2)n1. The van der Waals surface area contributed by atoms with E-state index in [1.54, 1.807) is 6.20 Å². The predicted molar refractivity (Wildman–Crippen MR) is 100 cm³/mol. The molecule has 0 amide bonds. The first-order chi connectivity index (χ1) is 13.0. The number of nitrogens with zero attached hydrogens (tertiary/aromatic N) is 5. The van der Waals surface area contributed by atoms with Gasteiger partial charge in [-0.2, -0.15) is 17.5 Å². The van der Waals surface area contributed by atoms with Gasteiger partial charge in [0.25, 0.3) is 0 Å². The summed E-state index contributed by atoms with van der Waals surface area (Å²) >= 11 is 1.41. The smallest absolute Gasteiger partial charge is 0.367 e. The topological polar surface area (TPSA) is 45.2 Å². The quantitative estimate of drug-likeness (QED) is 0.673. The van der Waals surface area contributed by atoms with E-state index in [0.29, 0.717) is 5.52 Å². The summed E-state index contributed by atoms with van der Waals surface area (Å²) in [6.07, 6.45) is -1.97. The Morgan fingerprint density at radius 3 is 2.48 bits per heavy atom. The number of alkyl halides is 3. The maximum atomic E-state index is 12.9. The standard InChI is InChI=1S/C18H18F3N5S/c1-2-16-23-17(27-24-16)26-9-7-25(8-10-26)15-5-6-22-14-11-12(18(19,20)21)3-4-13(14)15/h3-6,11H,2,7-10H2,1H3. The third kappa shape index (κ3) is 3.55. The lowest BCUT2D eigenvalue weighted by atomic mass is 10.1. The lowest BCUT2D eigenvalue weighted by Crippen LogP contribution is -2.46. The molecule has 0 saturated carbocycles. The van der Waals surface area contributed by atoms with E-state index in [2.05, 4.69) is 24.1 Å². The van der Waals surface area contributed by atoms with E-state index in [9.17, 15) is 13.2 Å². The van der Waals surface area contributed by atoms with E-state index in [-0.39, 0.29) is 0 Å². The summed E-state index contributed by atoms with van der Waals surface area (Å²) in [5, 5.41) is 1.67. The number of halogens is 3. The van der Waals surface area contributed by atoms with Gasteiger partial charge in [-0.15, -0.1) is 0 Å². The van der Waals surface area contributed by atoms with Crippen LogP contribution >= 0.6 is 11.5 Å². The summed E-state index contributed by atoms with van der Waals surface area (Å²) in [6.45, 7) is 5.15. The van der Waals surface area contributed by atoms with E-state index in [1.165, 1.54) is 17.6 Å². The Kier molecular flexibility index (Phi) is 4.63. The Labute approximate surface area is 158 Å². The third-order valence-electron chi connectivity index (χ3n) is 4.71. The number of anilines is 2. The van der Waals surface area contributed by atoms with E-state index in [4.69, 9.17) is 0 Å². The van der Waals surface area contributed by atoms with E-state index >= 15 is 0 Å². The molecule has 3 aromatic rings. The molecule has 1 aliphatic heterocycles. The summed E-state index contributed by atoms with van der Waals surface area (Å²) in [5.74, 6) is 0.859. The second-order valence-electron chi connectivity index (χ2n) is 6.38. The Hall–Kier alpha value is -2.42. The van der Waals surface area contributed by atoms with Crippen LogP contribution in [0.4, 0.5) is 24.0 Å². The second kappa shape index (κ2) is 6.95. The molecule has 0 aliphatic carbocycles. The van der Waals surface area contributed by atoms with Crippen LogP contribution in [0.3, 0.4) is 0 Å². The van der Waals surface area contributed by atoms with Crippen LogP contribution in [0.25, 0.3) is 10.9 Å². The highest BCUT2D eigenvalue weighted by Gasteiger charge is 2.31. The molecule has 1 saturated heterocycles. The molecule has 4 rings (SSSR count). The Bertz CT molecular complexity index is 948. The van der Waals surface area contributed by atoms with E-state index < -0.39 is 11.7 Å². The van der Waals surface area contributed by atoms with Gasteiger partial charge in [0.1, 0.15) is 5.82 Å². The van der Waals surface area contributed by atoms with Crippen molar-refractivity contribution in [2.45, 2.75) is 19.5 Å². The highest BCUT2D eigenvalue weighted by Crippen LogP contribution is 2.34. The first-order valence-corrected chi connectivity index (χ1v) is 9.51. The first kappa shape index (κ1) is 18.0. The van der Waals surface area contributed by atoms with Gasteiger partial charge < -0.3 is 9.80 Å². The van der Waals surface area contributed by atoms with E-state index in [0.717, 1.165) is 66.8 Å². The van der Waals surface area contributed by atoms with Gasteiger partial charge >= 0.3 is 6.18 Å². The summed E-state index contributed by atoms with van der Waals surface area (Å²) in [7, 11) is 0. The van der Waals surface area contributed by atoms with Gasteiger partial charge in [-0.1, -0.05) is 13.0 Å². The monoisotopic (exact) mass is 393 g/mol. The van der Waals surface area contributed by atoms with Crippen molar-refractivity contribution in [2.75, 3.05) is 36.0 Å². The molecule has 0 unspecified atom stereocenters. The molecule has 0 bridgehead atoms. The largest absolute Gasteiger partial charge is 0.416 e. The Morgan fingerprint density at radius 1 is 1.07 bits per heavy atom. The number of benzene rings is 1. The van der Waals surface area contributed by atoms with Crippen LogP contribution in [0.15, 0.2) is 30.5 Å². The number of hydrogen-bond donors (Lipinski definition) is 0. The van der Waals surface area contributed by atoms with Crippen LogP contribution in [0.2, 0.25) is 0 Å². The van der Waals surface area contributed by atoms with Gasteiger partial charge in [-0.25, -0.2) is 4.98 Å². The zero-order chi connectivity index (χ0) is 19.0. The minimum absolute atomic E-state index is 0.362. The molecular weight excluding hydrogens is 375 g/mol. The summed E-state index contributed by atoms with van der Waals surface area (Å²) in [4.78, 5) is 13.1. The van der Waals surface area contributed by atoms with Gasteiger partial charge in [0, 0.05) is 61.4 Å². The zero-order valence-corrected chi connectivity index (χ0v) is 15.5. The lowest BCUT2D eigenvalue weighted by molar-refractivity contribution is -0.137. The average molecular weight is 393 g/mol. The molecule has 2 aromatic heterocycles. The molecule has 142 valence electrons. The molecular formula is C18H18F3N5S. The molecule has 0 N–H and O–H groups in total. The lowest BCUT2D eigenvalue weighted by Gasteiger charge is -2.36. The van der Waals surface area contributed by atoms with Crippen LogP contribution in [0.5, 0.6) is 0 Å². The van der Waals surface area contributed by atoms with Crippen LogP contribution in [-0.2, 0) is 12.6 Å². The maximum Gasteiger partial charge on any atom is 0.416 e. The van der Waals surface area contributed by atoms with Gasteiger partial charge in [-0.3, -0.25) is 4.98 Å². The van der Waals surface area contributed by atoms with Crippen LogP contribution in [0, 0.1) is 0 Å². The summed E-state index contributed by atoms with van der Waals surface area (Å²) in [6, 6.07) is 5.62. The second-order valence-corrected chi connectivity index (χ2v) is 7.11. The normalized spacial score (nSPS) is 15.6. The predicted octanol–water partition coefficient (Wildman–Crippen LogP) is 3.99.